The Morgan fingerprint density at radius 1 is 0.800 bits per heavy atom. The van der Waals surface area contributed by atoms with Gasteiger partial charge in [-0.2, -0.15) is 0 Å². The van der Waals surface area contributed by atoms with Crippen molar-refractivity contribution in [1.82, 2.24) is 10.2 Å². The van der Waals surface area contributed by atoms with E-state index in [2.05, 4.69) is 12.2 Å². The van der Waals surface area contributed by atoms with E-state index in [4.69, 9.17) is 20.4 Å². The molecule has 0 aliphatic carbocycles. The maximum absolute atomic E-state index is 11.5. The van der Waals surface area contributed by atoms with Crippen LogP contribution in [-0.4, -0.2) is 89.1 Å². The monoisotopic (exact) mass is 434 g/mol. The molecule has 30 heavy (non-hydrogen) atoms. The average Bonchev–Trinajstić information content (AvgIpc) is 2.71. The Morgan fingerprint density at radius 2 is 1.23 bits per heavy atom. The summed E-state index contributed by atoms with van der Waals surface area (Å²) in [6.45, 7) is 5.70. The second-order valence-corrected chi connectivity index (χ2v) is 7.57. The van der Waals surface area contributed by atoms with Gasteiger partial charge in [0.1, 0.15) is 11.8 Å². The summed E-state index contributed by atoms with van der Waals surface area (Å²) < 4.78 is 0. The fourth-order valence-corrected chi connectivity index (χ4v) is 2.84. The van der Waals surface area contributed by atoms with Crippen LogP contribution in [0.25, 0.3) is 0 Å². The zero-order valence-corrected chi connectivity index (χ0v) is 19.2. The zero-order valence-electron chi connectivity index (χ0n) is 19.2. The van der Waals surface area contributed by atoms with Gasteiger partial charge in [-0.1, -0.05) is 58.3 Å². The number of nitrogens with one attached hydrogen (secondary N) is 1. The predicted molar refractivity (Wildman–Crippen MR) is 120 cm³/mol. The van der Waals surface area contributed by atoms with Crippen LogP contribution in [0.2, 0.25) is 0 Å². The Bertz CT molecular complexity index is 382. The van der Waals surface area contributed by atoms with E-state index in [1.165, 1.54) is 44.9 Å². The van der Waals surface area contributed by atoms with Gasteiger partial charge in [0.25, 0.3) is 0 Å². The molecule has 0 amide bonds. The number of carbonyl (C=O) groups is 2. The molecule has 0 radical (unpaired) electrons. The average molecular weight is 435 g/mol. The smallest absolute Gasteiger partial charge is 0.320 e. The molecule has 5 N–H and O–H groups in total. The second-order valence-electron chi connectivity index (χ2n) is 7.57. The third kappa shape index (κ3) is 23.2. The summed E-state index contributed by atoms with van der Waals surface area (Å²) in [4.78, 5) is 23.9. The molecule has 0 aromatic rings. The third-order valence-corrected chi connectivity index (χ3v) is 4.78. The third-order valence-electron chi connectivity index (χ3n) is 4.78. The molecular formula is C22H46N2O6. The number of aliphatic hydroxyl groups is 3. The summed E-state index contributed by atoms with van der Waals surface area (Å²) in [5.41, 5.74) is 0. The van der Waals surface area contributed by atoms with Crippen LogP contribution < -0.4 is 5.32 Å². The normalized spacial score (nSPS) is 11.8. The minimum absolute atomic E-state index is 0.0694. The van der Waals surface area contributed by atoms with Crippen molar-refractivity contribution in [3.63, 3.8) is 0 Å². The summed E-state index contributed by atoms with van der Waals surface area (Å²) in [7, 11) is 0. The predicted octanol–water partition coefficient (Wildman–Crippen LogP) is 1.80. The van der Waals surface area contributed by atoms with E-state index >= 15 is 0 Å². The maximum Gasteiger partial charge on any atom is 0.320 e. The molecular weight excluding hydrogens is 388 g/mol. The lowest BCUT2D eigenvalue weighted by molar-refractivity contribution is -0.139. The number of ketones is 1. The van der Waals surface area contributed by atoms with E-state index in [0.717, 1.165) is 12.8 Å². The Hall–Kier alpha value is -1.06. The van der Waals surface area contributed by atoms with Crippen LogP contribution in [0.15, 0.2) is 0 Å². The summed E-state index contributed by atoms with van der Waals surface area (Å²) in [5.74, 6) is -0.804. The van der Waals surface area contributed by atoms with Crippen molar-refractivity contribution in [1.29, 1.82) is 0 Å². The van der Waals surface area contributed by atoms with Crippen molar-refractivity contribution in [3.05, 3.63) is 0 Å². The van der Waals surface area contributed by atoms with Gasteiger partial charge in [0.05, 0.1) is 26.4 Å². The van der Waals surface area contributed by atoms with Crippen LogP contribution in [0.4, 0.5) is 0 Å². The molecule has 8 heteroatoms. The fourth-order valence-electron chi connectivity index (χ4n) is 2.84. The first-order valence-electron chi connectivity index (χ1n) is 11.5. The number of hydrogen-bond acceptors (Lipinski definition) is 7. The van der Waals surface area contributed by atoms with Crippen LogP contribution in [0.1, 0.15) is 78.1 Å². The molecule has 1 unspecified atom stereocenters. The van der Waals surface area contributed by atoms with Crippen molar-refractivity contribution in [2.75, 3.05) is 46.0 Å². The highest BCUT2D eigenvalue weighted by Gasteiger charge is 2.11. The van der Waals surface area contributed by atoms with E-state index in [9.17, 15) is 9.59 Å². The Balaban J connectivity index is 0. The molecule has 0 bridgehead atoms. The van der Waals surface area contributed by atoms with Crippen LogP contribution >= 0.6 is 0 Å². The molecule has 0 aliphatic heterocycles. The number of carboxylic acids is 1. The van der Waals surface area contributed by atoms with Gasteiger partial charge < -0.3 is 20.4 Å². The van der Waals surface area contributed by atoms with Crippen molar-refractivity contribution in [2.24, 2.45) is 0 Å². The highest BCUT2D eigenvalue weighted by molar-refractivity contribution is 5.81. The number of aliphatic hydroxyl groups excluding tert-OH is 3. The van der Waals surface area contributed by atoms with E-state index in [1.807, 2.05) is 0 Å². The molecule has 8 nitrogen and oxygen atoms in total. The Kier molecular flexibility index (Phi) is 25.1. The molecule has 1 atom stereocenters. The topological polar surface area (TPSA) is 130 Å². The first-order chi connectivity index (χ1) is 14.4. The van der Waals surface area contributed by atoms with E-state index < -0.39 is 12.0 Å². The number of rotatable bonds is 20. The first-order valence-corrected chi connectivity index (χ1v) is 11.5. The minimum Gasteiger partial charge on any atom is -0.480 e. The Labute approximate surface area is 182 Å². The molecule has 0 heterocycles. The Morgan fingerprint density at radius 3 is 1.63 bits per heavy atom. The van der Waals surface area contributed by atoms with E-state index in [0.29, 0.717) is 26.1 Å². The number of unbranched alkanes of at least 4 members (excludes halogenated alkanes) is 8. The van der Waals surface area contributed by atoms with E-state index in [1.54, 1.807) is 11.8 Å². The summed E-state index contributed by atoms with van der Waals surface area (Å²) >= 11 is 0. The minimum atomic E-state index is -0.916. The largest absolute Gasteiger partial charge is 0.480 e. The zero-order chi connectivity index (χ0) is 23.0. The van der Waals surface area contributed by atoms with Gasteiger partial charge in [0.2, 0.25) is 0 Å². The first kappa shape index (κ1) is 31.1. The molecule has 0 aliphatic rings. The van der Waals surface area contributed by atoms with Crippen LogP contribution in [0, 0.1) is 0 Å². The van der Waals surface area contributed by atoms with Gasteiger partial charge in [-0.3, -0.25) is 19.8 Å². The highest BCUT2D eigenvalue weighted by Crippen LogP contribution is 2.10. The van der Waals surface area contributed by atoms with Crippen LogP contribution in [0.5, 0.6) is 0 Å². The van der Waals surface area contributed by atoms with E-state index in [-0.39, 0.29) is 32.1 Å². The number of hydrogen-bond donors (Lipinski definition) is 5. The summed E-state index contributed by atoms with van der Waals surface area (Å²) in [6.07, 6.45) is 11.7. The lowest BCUT2D eigenvalue weighted by atomic mass is 10.1. The number of nitrogens with zero attached hydrogens (tertiary/aromatic N) is 1. The molecule has 0 saturated heterocycles. The number of carbonyl (C=O) groups excluding carboxylic acids is 1. The van der Waals surface area contributed by atoms with Crippen molar-refractivity contribution in [2.45, 2.75) is 84.1 Å². The molecule has 0 aromatic heterocycles. The van der Waals surface area contributed by atoms with Crippen LogP contribution in [-0.2, 0) is 9.59 Å². The number of aliphatic carboxylic acids is 1. The van der Waals surface area contributed by atoms with Crippen molar-refractivity contribution in [3.8, 4) is 0 Å². The molecule has 0 spiro atoms. The van der Waals surface area contributed by atoms with Gasteiger partial charge in [0, 0.05) is 26.1 Å². The lowest BCUT2D eigenvalue weighted by Crippen LogP contribution is -2.37. The summed E-state index contributed by atoms with van der Waals surface area (Å²) in [6, 6.07) is -0.651. The van der Waals surface area contributed by atoms with Crippen molar-refractivity contribution >= 4 is 11.8 Å². The van der Waals surface area contributed by atoms with Crippen LogP contribution in [0.3, 0.4) is 0 Å². The molecule has 0 saturated carbocycles. The van der Waals surface area contributed by atoms with Gasteiger partial charge in [-0.25, -0.2) is 0 Å². The molecule has 180 valence electrons. The van der Waals surface area contributed by atoms with Gasteiger partial charge in [-0.15, -0.1) is 0 Å². The highest BCUT2D eigenvalue weighted by atomic mass is 16.4. The molecule has 0 rings (SSSR count). The SMILES string of the molecule is CCCCCCCCCCCC(=O)CNC(C)C(=O)O.OCCN(CCO)CCO. The second kappa shape index (κ2) is 24.2. The van der Waals surface area contributed by atoms with Crippen molar-refractivity contribution < 1.29 is 30.0 Å². The van der Waals surface area contributed by atoms with Gasteiger partial charge >= 0.3 is 5.97 Å². The quantitative estimate of drug-likeness (QED) is 0.183. The lowest BCUT2D eigenvalue weighted by Gasteiger charge is -2.17. The van der Waals surface area contributed by atoms with Gasteiger partial charge in [-0.05, 0) is 13.3 Å². The molecule has 0 fully saturated rings. The number of Topliss-reactive ketones (excluding diaryl/α,β-unsaturated/α-hetero) is 1. The van der Waals surface area contributed by atoms with Gasteiger partial charge in [0.15, 0.2) is 0 Å². The fraction of sp³-hybridized carbons (Fsp3) is 0.909. The molecule has 0 aromatic carbocycles. The summed E-state index contributed by atoms with van der Waals surface area (Å²) in [5, 5.41) is 36.8. The standard InChI is InChI=1S/C16H31NO3.C6H15NO3/c1-3-4-5-6-7-8-9-10-11-12-15(18)13-17-14(2)16(19)20;8-4-1-7(2-5-9)3-6-10/h14,17H,3-13H2,1-2H3,(H,19,20);8-10H,1-6H2. The number of carboxylic acid groups (broad SMARTS) is 1. The maximum atomic E-state index is 11.5.